The Bertz CT molecular complexity index is 1720. The summed E-state index contributed by atoms with van der Waals surface area (Å²) in [5, 5.41) is 8.16. The van der Waals surface area contributed by atoms with Crippen LogP contribution in [-0.4, -0.2) is 62.5 Å². The third kappa shape index (κ3) is 7.76. The molecule has 1 aliphatic heterocycles. The van der Waals surface area contributed by atoms with Crippen molar-refractivity contribution in [1.29, 1.82) is 0 Å². The molecule has 0 spiro atoms. The Morgan fingerprint density at radius 2 is 1.68 bits per heavy atom. The normalized spacial score (nSPS) is 16.8. The molecule has 47 heavy (non-hydrogen) atoms. The lowest BCUT2D eigenvalue weighted by Gasteiger charge is -2.32. The van der Waals surface area contributed by atoms with Crippen LogP contribution in [0.5, 0.6) is 11.5 Å². The molecule has 12 heteroatoms. The van der Waals surface area contributed by atoms with Crippen LogP contribution in [0.4, 0.5) is 10.6 Å². The topological polar surface area (TPSA) is 138 Å². The van der Waals surface area contributed by atoms with Gasteiger partial charge in [0.15, 0.2) is 11.5 Å². The highest BCUT2D eigenvalue weighted by molar-refractivity contribution is 6.03. The van der Waals surface area contributed by atoms with Crippen LogP contribution in [0.15, 0.2) is 73.6 Å². The summed E-state index contributed by atoms with van der Waals surface area (Å²) in [5.74, 6) is 1.34. The summed E-state index contributed by atoms with van der Waals surface area (Å²) in [4.78, 5) is 48.3. The van der Waals surface area contributed by atoms with Gasteiger partial charge in [0, 0.05) is 25.1 Å². The highest BCUT2D eigenvalue weighted by Gasteiger charge is 2.29. The van der Waals surface area contributed by atoms with Gasteiger partial charge in [0.25, 0.3) is 0 Å². The largest absolute Gasteiger partial charge is 0.457 e. The zero-order chi connectivity index (χ0) is 32.6. The number of carbonyl (C=O) groups is 3. The first-order valence-corrected chi connectivity index (χ1v) is 16.1. The zero-order valence-corrected chi connectivity index (χ0v) is 26.2. The number of carbonyl (C=O) groups excluding carboxylic acids is 3. The van der Waals surface area contributed by atoms with Gasteiger partial charge in [-0.25, -0.2) is 19.4 Å². The van der Waals surface area contributed by atoms with Gasteiger partial charge < -0.3 is 19.1 Å². The molecule has 0 radical (unpaired) electrons. The van der Waals surface area contributed by atoms with Crippen molar-refractivity contribution < 1.29 is 28.6 Å². The molecule has 1 N–H and O–H groups in total. The number of benzene rings is 2. The minimum Gasteiger partial charge on any atom is -0.457 e. The van der Waals surface area contributed by atoms with Gasteiger partial charge >= 0.3 is 12.1 Å². The van der Waals surface area contributed by atoms with Gasteiger partial charge in [0.1, 0.15) is 23.5 Å². The molecule has 2 fully saturated rings. The maximum absolute atomic E-state index is 12.9. The lowest BCUT2D eigenvalue weighted by molar-refractivity contribution is -0.153. The van der Waals surface area contributed by atoms with Crippen LogP contribution in [0.1, 0.15) is 57.4 Å². The Labute approximate surface area is 272 Å². The molecule has 4 aromatic rings. The van der Waals surface area contributed by atoms with Crippen LogP contribution >= 0.6 is 0 Å². The number of piperidine rings is 1. The molecule has 2 aliphatic rings. The number of aromatic nitrogens is 4. The van der Waals surface area contributed by atoms with Crippen LogP contribution < -0.4 is 10.1 Å². The molecule has 1 atom stereocenters. The molecule has 1 saturated heterocycles. The number of hydrogen-bond acceptors (Lipinski definition) is 9. The third-order valence-electron chi connectivity index (χ3n) is 8.63. The van der Waals surface area contributed by atoms with Gasteiger partial charge in [0.05, 0.1) is 11.4 Å². The van der Waals surface area contributed by atoms with E-state index in [1.807, 2.05) is 54.6 Å². The number of hydrogen-bond donors (Lipinski definition) is 1. The molecule has 2 amide bonds. The predicted octanol–water partition coefficient (Wildman–Crippen LogP) is 6.65. The Hall–Kier alpha value is -5.26. The Balaban J connectivity index is 1.24. The van der Waals surface area contributed by atoms with E-state index >= 15 is 0 Å². The van der Waals surface area contributed by atoms with Crippen molar-refractivity contribution >= 4 is 34.8 Å². The summed E-state index contributed by atoms with van der Waals surface area (Å²) in [6.07, 6.45) is 9.21. The van der Waals surface area contributed by atoms with Crippen molar-refractivity contribution in [3.63, 3.8) is 0 Å². The Morgan fingerprint density at radius 3 is 2.45 bits per heavy atom. The summed E-state index contributed by atoms with van der Waals surface area (Å²) >= 11 is 0. The van der Waals surface area contributed by atoms with Gasteiger partial charge in [0.2, 0.25) is 12.7 Å². The number of ether oxygens (including phenoxy) is 3. The quantitative estimate of drug-likeness (QED) is 0.115. The summed E-state index contributed by atoms with van der Waals surface area (Å²) in [6, 6.07) is 16.7. The van der Waals surface area contributed by atoms with E-state index < -0.39 is 12.9 Å². The maximum atomic E-state index is 12.9. The van der Waals surface area contributed by atoms with Gasteiger partial charge in [-0.05, 0) is 74.1 Å². The minimum absolute atomic E-state index is 0.139. The van der Waals surface area contributed by atoms with Crippen molar-refractivity contribution in [2.45, 2.75) is 57.4 Å². The SMILES string of the molecule is C=CC(=O)N1CCC[C@@H](n2nc(-c3ccc(Oc4ccccc4)cc3)c3c(NC(=O)OCOC(=O)CC4CCCCC4)ncnc32)C1. The maximum Gasteiger partial charge on any atom is 0.415 e. The summed E-state index contributed by atoms with van der Waals surface area (Å²) in [7, 11) is 0. The number of anilines is 1. The molecule has 1 aliphatic carbocycles. The standard InChI is InChI=1S/C35H38N6O6/c1-2-29(42)40-19-9-12-26(21-40)41-34-31(32(39-41)25-15-17-28(18-16-25)47-27-13-7-4-8-14-27)33(36-22-37-34)38-35(44)46-23-45-30(43)20-24-10-5-3-6-11-24/h2,4,7-8,13-18,22,24,26H,1,3,5-6,9-12,19-21,23H2,(H,36,37,38,44)/t26-/m1/s1. The van der Waals surface area contributed by atoms with Gasteiger partial charge in [-0.1, -0.05) is 44.0 Å². The Morgan fingerprint density at radius 1 is 0.915 bits per heavy atom. The van der Waals surface area contributed by atoms with E-state index in [-0.39, 0.29) is 23.7 Å². The average molecular weight is 639 g/mol. The number of nitrogens with zero attached hydrogens (tertiary/aromatic N) is 5. The van der Waals surface area contributed by atoms with Gasteiger partial charge in [-0.15, -0.1) is 0 Å². The summed E-state index contributed by atoms with van der Waals surface area (Å²) < 4.78 is 18.2. The molecule has 1 saturated carbocycles. The fourth-order valence-electron chi connectivity index (χ4n) is 6.28. The van der Waals surface area contributed by atoms with E-state index in [1.54, 1.807) is 9.58 Å². The molecule has 2 aromatic carbocycles. The second-order valence-electron chi connectivity index (χ2n) is 11.8. The van der Waals surface area contributed by atoms with E-state index in [0.29, 0.717) is 53.7 Å². The molecular formula is C35H38N6O6. The first-order chi connectivity index (χ1) is 23.0. The first kappa shape index (κ1) is 31.7. The molecule has 244 valence electrons. The molecule has 6 rings (SSSR count). The number of para-hydroxylation sites is 1. The third-order valence-corrected chi connectivity index (χ3v) is 8.63. The number of likely N-dealkylation sites (tertiary alicyclic amines) is 1. The van der Waals surface area contributed by atoms with Crippen molar-refractivity contribution in [2.75, 3.05) is 25.2 Å². The molecule has 2 aromatic heterocycles. The number of esters is 1. The van der Waals surface area contributed by atoms with Crippen LogP contribution in [-0.2, 0) is 19.1 Å². The smallest absolute Gasteiger partial charge is 0.415 e. The summed E-state index contributed by atoms with van der Waals surface area (Å²) in [6.45, 7) is 4.20. The van der Waals surface area contributed by atoms with Crippen molar-refractivity contribution in [1.82, 2.24) is 24.6 Å². The van der Waals surface area contributed by atoms with E-state index in [2.05, 4.69) is 21.9 Å². The van der Waals surface area contributed by atoms with Crippen molar-refractivity contribution in [3.8, 4) is 22.8 Å². The number of nitrogens with one attached hydrogen (secondary N) is 1. The summed E-state index contributed by atoms with van der Waals surface area (Å²) in [5.41, 5.74) is 1.77. The van der Waals surface area contributed by atoms with Crippen LogP contribution in [0.2, 0.25) is 0 Å². The molecule has 12 nitrogen and oxygen atoms in total. The molecule has 0 bridgehead atoms. The highest BCUT2D eigenvalue weighted by atomic mass is 16.7. The zero-order valence-electron chi connectivity index (χ0n) is 26.2. The number of amides is 2. The van der Waals surface area contributed by atoms with E-state index in [1.165, 1.54) is 18.8 Å². The molecule has 0 unspecified atom stereocenters. The van der Waals surface area contributed by atoms with Crippen molar-refractivity contribution in [2.24, 2.45) is 5.92 Å². The first-order valence-electron chi connectivity index (χ1n) is 16.1. The van der Waals surface area contributed by atoms with E-state index in [4.69, 9.17) is 19.3 Å². The second kappa shape index (κ2) is 14.9. The average Bonchev–Trinajstić information content (AvgIpc) is 3.50. The van der Waals surface area contributed by atoms with Crippen LogP contribution in [0, 0.1) is 5.92 Å². The van der Waals surface area contributed by atoms with Crippen molar-refractivity contribution in [3.05, 3.63) is 73.6 Å². The molecular weight excluding hydrogens is 600 g/mol. The fourth-order valence-corrected chi connectivity index (χ4v) is 6.28. The van der Waals surface area contributed by atoms with E-state index in [9.17, 15) is 14.4 Å². The lowest BCUT2D eigenvalue weighted by atomic mass is 9.87. The highest BCUT2D eigenvalue weighted by Crippen LogP contribution is 2.36. The monoisotopic (exact) mass is 638 g/mol. The Kier molecular flexibility index (Phi) is 10.0. The lowest BCUT2D eigenvalue weighted by Crippen LogP contribution is -2.40. The molecule has 3 heterocycles. The van der Waals surface area contributed by atoms with E-state index in [0.717, 1.165) is 44.1 Å². The second-order valence-corrected chi connectivity index (χ2v) is 11.8. The van der Waals surface area contributed by atoms with Gasteiger partial charge in [-0.2, -0.15) is 5.10 Å². The number of fused-ring (bicyclic) bond motifs is 1. The van der Waals surface area contributed by atoms with Gasteiger partial charge in [-0.3, -0.25) is 14.9 Å². The fraction of sp³-hybridized carbons (Fsp3) is 0.371. The number of rotatable bonds is 10. The minimum atomic E-state index is -0.832. The van der Waals surface area contributed by atoms with Crippen LogP contribution in [0.25, 0.3) is 22.3 Å². The van der Waals surface area contributed by atoms with Crippen LogP contribution in [0.3, 0.4) is 0 Å². The predicted molar refractivity (Wildman–Crippen MR) is 175 cm³/mol.